The van der Waals surface area contributed by atoms with Crippen LogP contribution in [0.1, 0.15) is 44.4 Å². The van der Waals surface area contributed by atoms with E-state index in [0.717, 1.165) is 36.4 Å². The van der Waals surface area contributed by atoms with Crippen molar-refractivity contribution in [2.24, 2.45) is 0 Å². The maximum Gasteiger partial charge on any atom is 0.257 e. The normalized spacial score (nSPS) is 18.2. The fourth-order valence-electron chi connectivity index (χ4n) is 4.63. The van der Waals surface area contributed by atoms with Crippen LogP contribution in [0.2, 0.25) is 0 Å². The molecule has 32 heavy (non-hydrogen) atoms. The number of thiazole rings is 1. The molecule has 0 unspecified atom stereocenters. The fourth-order valence-corrected chi connectivity index (χ4v) is 5.67. The summed E-state index contributed by atoms with van der Waals surface area (Å²) in [6, 6.07) is 13.4. The number of nitrogens with one attached hydrogen (secondary N) is 1. The van der Waals surface area contributed by atoms with Gasteiger partial charge in [0.25, 0.3) is 5.91 Å². The number of hydrogen-bond donors (Lipinski definition) is 1. The molecule has 0 saturated heterocycles. The first kappa shape index (κ1) is 19.3. The van der Waals surface area contributed by atoms with Crippen molar-refractivity contribution in [3.63, 3.8) is 0 Å². The standard InChI is InChI=1S/C24H21N3O4S/c28-22(15-5-7-18-19(11-15)31-13-30-18)26-24-25-21-17(6-8-20(21)32-24)23(29)27-10-9-14-3-1-2-4-16(14)12-27/h1-5,7,11,17H,6,8-10,12-13H2,(H,25,26,28)/t17-/m1/s1. The number of carbonyl (C=O) groups excluding carboxylic acids is 2. The van der Waals surface area contributed by atoms with Crippen LogP contribution < -0.4 is 14.8 Å². The summed E-state index contributed by atoms with van der Waals surface area (Å²) in [5.41, 5.74) is 3.84. The first-order valence-corrected chi connectivity index (χ1v) is 11.5. The SMILES string of the molecule is O=C(Nc1nc2c(s1)CC[C@H]2C(=O)N1CCc2ccccc2C1)c1ccc2c(c1)OCO2. The molecule has 7 nitrogen and oxygen atoms in total. The Morgan fingerprint density at radius 3 is 2.81 bits per heavy atom. The smallest absolute Gasteiger partial charge is 0.257 e. The topological polar surface area (TPSA) is 80.8 Å². The van der Waals surface area contributed by atoms with Crippen LogP contribution in [0.15, 0.2) is 42.5 Å². The molecule has 0 spiro atoms. The summed E-state index contributed by atoms with van der Waals surface area (Å²) in [4.78, 5) is 33.7. The molecule has 0 bridgehead atoms. The van der Waals surface area contributed by atoms with Crippen LogP contribution >= 0.6 is 11.3 Å². The van der Waals surface area contributed by atoms with Gasteiger partial charge in [-0.2, -0.15) is 0 Å². The van der Waals surface area contributed by atoms with Crippen molar-refractivity contribution in [2.45, 2.75) is 31.7 Å². The Bertz CT molecular complexity index is 1240. The highest BCUT2D eigenvalue weighted by Gasteiger charge is 2.36. The second kappa shape index (κ2) is 7.63. The number of aryl methyl sites for hydroxylation is 1. The third kappa shape index (κ3) is 3.31. The number of aromatic nitrogens is 1. The summed E-state index contributed by atoms with van der Waals surface area (Å²) in [5, 5.41) is 3.41. The number of ether oxygens (including phenoxy) is 2. The molecule has 2 aliphatic heterocycles. The van der Waals surface area contributed by atoms with Crippen LogP contribution in [-0.2, 0) is 24.2 Å². The van der Waals surface area contributed by atoms with Crippen molar-refractivity contribution >= 4 is 28.3 Å². The van der Waals surface area contributed by atoms with E-state index < -0.39 is 0 Å². The third-order valence-electron chi connectivity index (χ3n) is 6.31. The molecule has 3 aliphatic rings. The molecular formula is C24H21N3O4S. The molecular weight excluding hydrogens is 426 g/mol. The molecule has 3 heterocycles. The van der Waals surface area contributed by atoms with E-state index in [0.29, 0.717) is 28.7 Å². The number of fused-ring (bicyclic) bond motifs is 3. The van der Waals surface area contributed by atoms with E-state index in [-0.39, 0.29) is 24.5 Å². The van der Waals surface area contributed by atoms with E-state index in [2.05, 4.69) is 22.4 Å². The van der Waals surface area contributed by atoms with Crippen LogP contribution in [0.4, 0.5) is 5.13 Å². The summed E-state index contributed by atoms with van der Waals surface area (Å²) in [7, 11) is 0. The molecule has 0 fully saturated rings. The monoisotopic (exact) mass is 447 g/mol. The summed E-state index contributed by atoms with van der Waals surface area (Å²) in [5.74, 6) is 0.843. The van der Waals surface area contributed by atoms with E-state index in [9.17, 15) is 9.59 Å². The van der Waals surface area contributed by atoms with Gasteiger partial charge in [0.15, 0.2) is 16.6 Å². The lowest BCUT2D eigenvalue weighted by molar-refractivity contribution is -0.133. The molecule has 0 radical (unpaired) electrons. The molecule has 2 amide bonds. The first-order valence-electron chi connectivity index (χ1n) is 10.7. The first-order chi connectivity index (χ1) is 15.7. The number of rotatable bonds is 3. The molecule has 6 rings (SSSR count). The maximum atomic E-state index is 13.3. The van der Waals surface area contributed by atoms with Gasteiger partial charge in [-0.3, -0.25) is 14.9 Å². The molecule has 0 saturated carbocycles. The van der Waals surface area contributed by atoms with Crippen LogP contribution in [0.25, 0.3) is 0 Å². The molecule has 1 aromatic heterocycles. The minimum Gasteiger partial charge on any atom is -0.454 e. The second-order valence-corrected chi connectivity index (χ2v) is 9.30. The van der Waals surface area contributed by atoms with E-state index in [1.165, 1.54) is 22.5 Å². The van der Waals surface area contributed by atoms with E-state index in [1.54, 1.807) is 18.2 Å². The van der Waals surface area contributed by atoms with Crippen LogP contribution in [-0.4, -0.2) is 35.0 Å². The molecule has 1 N–H and O–H groups in total. The minimum absolute atomic E-state index is 0.136. The Labute approximate surface area is 189 Å². The highest BCUT2D eigenvalue weighted by molar-refractivity contribution is 7.16. The Kier molecular flexibility index (Phi) is 4.61. The lowest BCUT2D eigenvalue weighted by Crippen LogP contribution is -2.38. The Hall–Kier alpha value is -3.39. The van der Waals surface area contributed by atoms with Crippen LogP contribution in [0.5, 0.6) is 11.5 Å². The zero-order chi connectivity index (χ0) is 21.7. The average molecular weight is 448 g/mol. The van der Waals surface area contributed by atoms with Gasteiger partial charge in [-0.15, -0.1) is 11.3 Å². The zero-order valence-electron chi connectivity index (χ0n) is 17.3. The molecule has 162 valence electrons. The average Bonchev–Trinajstić information content (AvgIpc) is 3.53. The fraction of sp³-hybridized carbons (Fsp3) is 0.292. The zero-order valence-corrected chi connectivity index (χ0v) is 18.1. The maximum absolute atomic E-state index is 13.3. The molecule has 2 aromatic carbocycles. The summed E-state index contributed by atoms with van der Waals surface area (Å²) in [6.45, 7) is 1.55. The van der Waals surface area contributed by atoms with Crippen LogP contribution in [0, 0.1) is 0 Å². The van der Waals surface area contributed by atoms with Gasteiger partial charge >= 0.3 is 0 Å². The molecule has 3 aromatic rings. The number of anilines is 1. The van der Waals surface area contributed by atoms with Gasteiger partial charge in [-0.1, -0.05) is 24.3 Å². The Morgan fingerprint density at radius 1 is 1.06 bits per heavy atom. The van der Waals surface area contributed by atoms with Gasteiger partial charge in [0.2, 0.25) is 12.7 Å². The van der Waals surface area contributed by atoms with Gasteiger partial charge in [0.1, 0.15) is 0 Å². The molecule has 1 aliphatic carbocycles. The highest BCUT2D eigenvalue weighted by atomic mass is 32.1. The highest BCUT2D eigenvalue weighted by Crippen LogP contribution is 2.40. The van der Waals surface area contributed by atoms with Crippen molar-refractivity contribution in [3.8, 4) is 11.5 Å². The van der Waals surface area contributed by atoms with Crippen molar-refractivity contribution < 1.29 is 19.1 Å². The second-order valence-electron chi connectivity index (χ2n) is 8.22. The van der Waals surface area contributed by atoms with Crippen molar-refractivity contribution in [2.75, 3.05) is 18.7 Å². The third-order valence-corrected chi connectivity index (χ3v) is 7.36. The minimum atomic E-state index is -0.258. The number of amides is 2. The number of carbonyl (C=O) groups is 2. The van der Waals surface area contributed by atoms with Crippen molar-refractivity contribution in [3.05, 3.63) is 69.7 Å². The number of hydrogen-bond acceptors (Lipinski definition) is 6. The largest absolute Gasteiger partial charge is 0.454 e. The number of nitrogens with zero attached hydrogens (tertiary/aromatic N) is 2. The summed E-state index contributed by atoms with van der Waals surface area (Å²) >= 11 is 1.46. The Balaban J connectivity index is 1.17. The van der Waals surface area contributed by atoms with Crippen molar-refractivity contribution in [1.82, 2.24) is 9.88 Å². The molecule has 8 heteroatoms. The van der Waals surface area contributed by atoms with Crippen molar-refractivity contribution in [1.29, 1.82) is 0 Å². The van der Waals surface area contributed by atoms with Gasteiger partial charge in [-0.25, -0.2) is 4.98 Å². The van der Waals surface area contributed by atoms with E-state index in [1.807, 2.05) is 17.0 Å². The van der Waals surface area contributed by atoms with Gasteiger partial charge in [0.05, 0.1) is 11.6 Å². The van der Waals surface area contributed by atoms with Gasteiger partial charge in [-0.05, 0) is 48.6 Å². The lowest BCUT2D eigenvalue weighted by Gasteiger charge is -2.30. The predicted molar refractivity (Wildman–Crippen MR) is 119 cm³/mol. The quantitative estimate of drug-likeness (QED) is 0.662. The number of benzene rings is 2. The predicted octanol–water partition coefficient (Wildman–Crippen LogP) is 3.74. The van der Waals surface area contributed by atoms with Gasteiger partial charge < -0.3 is 14.4 Å². The molecule has 1 atom stereocenters. The lowest BCUT2D eigenvalue weighted by atomic mass is 9.97. The summed E-state index contributed by atoms with van der Waals surface area (Å²) < 4.78 is 10.6. The van der Waals surface area contributed by atoms with Crippen LogP contribution in [0.3, 0.4) is 0 Å². The summed E-state index contributed by atoms with van der Waals surface area (Å²) in [6.07, 6.45) is 2.48. The van der Waals surface area contributed by atoms with E-state index in [4.69, 9.17) is 9.47 Å². The Morgan fingerprint density at radius 2 is 1.91 bits per heavy atom. The van der Waals surface area contributed by atoms with E-state index >= 15 is 0 Å². The van der Waals surface area contributed by atoms with Gasteiger partial charge in [0, 0.05) is 23.5 Å².